The summed E-state index contributed by atoms with van der Waals surface area (Å²) in [5.41, 5.74) is -0.347. The number of hydrogen-bond donors (Lipinski definition) is 1. The minimum absolute atomic E-state index is 0.0656. The number of aromatic nitrogens is 2. The molecule has 0 bridgehead atoms. The maximum atomic E-state index is 14.2. The Bertz CT molecular complexity index is 830. The largest absolute Gasteiger partial charge is 0.445 e. The van der Waals surface area contributed by atoms with Crippen LogP contribution in [0.25, 0.3) is 0 Å². The van der Waals surface area contributed by atoms with Gasteiger partial charge >= 0.3 is 12.3 Å². The third kappa shape index (κ3) is 5.09. The highest BCUT2D eigenvalue weighted by molar-refractivity contribution is 5.69. The van der Waals surface area contributed by atoms with E-state index in [-0.39, 0.29) is 19.1 Å². The van der Waals surface area contributed by atoms with Crippen LogP contribution in [0.3, 0.4) is 0 Å². The van der Waals surface area contributed by atoms with Gasteiger partial charge in [-0.3, -0.25) is 4.90 Å². The Morgan fingerprint density at radius 2 is 1.86 bits per heavy atom. The van der Waals surface area contributed by atoms with Gasteiger partial charge in [0, 0.05) is 31.9 Å². The van der Waals surface area contributed by atoms with Crippen molar-refractivity contribution in [2.75, 3.05) is 18.4 Å². The first kappa shape index (κ1) is 20.7. The Balaban J connectivity index is 1.61. The molecule has 1 N–H and O–H groups in total. The molecule has 0 radical (unpaired) electrons. The summed E-state index contributed by atoms with van der Waals surface area (Å²) in [5, 5.41) is 2.46. The topological polar surface area (TPSA) is 67.3 Å². The van der Waals surface area contributed by atoms with Crippen molar-refractivity contribution < 1.29 is 31.5 Å². The standard InChI is InChI=1S/C18H17F5N4O2/c19-17(20)6-7-27(16(28)29-11-12-4-2-1-3-5-12)14(17)10-26-15-24-8-13(9-25-15)18(21,22)23/h1-5,8-9,14H,6-7,10-11H2,(H,24,25,26)/t14-/m1/s1. The molecule has 1 aliphatic rings. The first-order valence-corrected chi connectivity index (χ1v) is 8.65. The van der Waals surface area contributed by atoms with Crippen LogP contribution in [0.4, 0.5) is 32.7 Å². The van der Waals surface area contributed by atoms with Crippen LogP contribution in [-0.2, 0) is 17.5 Å². The van der Waals surface area contributed by atoms with E-state index in [1.54, 1.807) is 30.3 Å². The summed E-state index contributed by atoms with van der Waals surface area (Å²) in [7, 11) is 0. The number of rotatable bonds is 5. The van der Waals surface area contributed by atoms with Crippen LogP contribution in [-0.4, -0.2) is 46.0 Å². The lowest BCUT2D eigenvalue weighted by Crippen LogP contribution is -2.47. The van der Waals surface area contributed by atoms with E-state index in [9.17, 15) is 26.7 Å². The van der Waals surface area contributed by atoms with Gasteiger partial charge in [-0.15, -0.1) is 0 Å². The molecule has 1 fully saturated rings. The highest BCUT2D eigenvalue weighted by atomic mass is 19.4. The maximum Gasteiger partial charge on any atom is 0.419 e. The Morgan fingerprint density at radius 3 is 2.48 bits per heavy atom. The van der Waals surface area contributed by atoms with Crippen molar-refractivity contribution in [3.05, 3.63) is 53.9 Å². The molecule has 0 aliphatic carbocycles. The molecule has 11 heteroatoms. The van der Waals surface area contributed by atoms with Crippen LogP contribution in [0.15, 0.2) is 42.7 Å². The zero-order valence-corrected chi connectivity index (χ0v) is 15.0. The molecule has 0 saturated carbocycles. The Labute approximate surface area is 162 Å². The van der Waals surface area contributed by atoms with Crippen molar-refractivity contribution >= 4 is 12.0 Å². The summed E-state index contributed by atoms with van der Waals surface area (Å²) >= 11 is 0. The molecule has 1 aliphatic heterocycles. The lowest BCUT2D eigenvalue weighted by Gasteiger charge is -2.27. The highest BCUT2D eigenvalue weighted by Crippen LogP contribution is 2.34. The number of likely N-dealkylation sites (tertiary alicyclic amines) is 1. The van der Waals surface area contributed by atoms with E-state index < -0.39 is 42.8 Å². The lowest BCUT2D eigenvalue weighted by molar-refractivity contribution is -0.138. The second-order valence-corrected chi connectivity index (χ2v) is 6.43. The van der Waals surface area contributed by atoms with E-state index in [2.05, 4.69) is 15.3 Å². The van der Waals surface area contributed by atoms with Gasteiger partial charge in [0.2, 0.25) is 5.95 Å². The summed E-state index contributed by atoms with van der Waals surface area (Å²) in [5.74, 6) is -3.44. The molecule has 3 rings (SSSR count). The van der Waals surface area contributed by atoms with Gasteiger partial charge in [-0.1, -0.05) is 30.3 Å². The molecular formula is C18H17F5N4O2. The molecule has 0 unspecified atom stereocenters. The van der Waals surface area contributed by atoms with E-state index in [0.29, 0.717) is 18.0 Å². The number of hydrogen-bond acceptors (Lipinski definition) is 5. The van der Waals surface area contributed by atoms with Gasteiger partial charge < -0.3 is 10.1 Å². The number of alkyl halides is 5. The number of benzene rings is 1. The Kier molecular flexibility index (Phi) is 5.85. The van der Waals surface area contributed by atoms with Crippen molar-refractivity contribution in [1.82, 2.24) is 14.9 Å². The summed E-state index contributed by atoms with van der Waals surface area (Å²) in [6.07, 6.45) is -4.95. The quantitative estimate of drug-likeness (QED) is 0.748. The fourth-order valence-corrected chi connectivity index (χ4v) is 2.85. The number of halogens is 5. The van der Waals surface area contributed by atoms with Crippen molar-refractivity contribution in [3.63, 3.8) is 0 Å². The van der Waals surface area contributed by atoms with E-state index in [0.717, 1.165) is 4.90 Å². The van der Waals surface area contributed by atoms with Gasteiger partial charge in [-0.05, 0) is 5.56 Å². The van der Waals surface area contributed by atoms with E-state index in [1.807, 2.05) is 0 Å². The number of anilines is 1. The average Bonchev–Trinajstić information content (AvgIpc) is 2.99. The van der Waals surface area contributed by atoms with Crippen molar-refractivity contribution in [2.24, 2.45) is 0 Å². The molecule has 1 saturated heterocycles. The molecule has 156 valence electrons. The van der Waals surface area contributed by atoms with Gasteiger partial charge in [0.1, 0.15) is 12.6 Å². The van der Waals surface area contributed by atoms with E-state index in [4.69, 9.17) is 4.74 Å². The van der Waals surface area contributed by atoms with Crippen LogP contribution in [0.2, 0.25) is 0 Å². The Hall–Kier alpha value is -2.98. The number of nitrogens with zero attached hydrogens (tertiary/aromatic N) is 3. The van der Waals surface area contributed by atoms with Crippen molar-refractivity contribution in [2.45, 2.75) is 31.2 Å². The fraction of sp³-hybridized carbons (Fsp3) is 0.389. The van der Waals surface area contributed by atoms with Crippen LogP contribution < -0.4 is 5.32 Å². The molecule has 2 heterocycles. The van der Waals surface area contributed by atoms with Gasteiger partial charge in [-0.2, -0.15) is 13.2 Å². The first-order valence-electron chi connectivity index (χ1n) is 8.65. The van der Waals surface area contributed by atoms with Gasteiger partial charge in [0.25, 0.3) is 5.92 Å². The van der Waals surface area contributed by atoms with E-state index >= 15 is 0 Å². The zero-order chi connectivity index (χ0) is 21.1. The molecule has 29 heavy (non-hydrogen) atoms. The predicted molar refractivity (Wildman–Crippen MR) is 92.2 cm³/mol. The monoisotopic (exact) mass is 416 g/mol. The average molecular weight is 416 g/mol. The maximum absolute atomic E-state index is 14.2. The number of carbonyl (C=O) groups is 1. The van der Waals surface area contributed by atoms with Gasteiger partial charge in [-0.25, -0.2) is 23.5 Å². The predicted octanol–water partition coefficient (Wildman–Crippen LogP) is 3.95. The third-order valence-electron chi connectivity index (χ3n) is 4.42. The second-order valence-electron chi connectivity index (χ2n) is 6.43. The van der Waals surface area contributed by atoms with Crippen LogP contribution in [0.1, 0.15) is 17.5 Å². The number of amides is 1. The number of nitrogens with one attached hydrogen (secondary N) is 1. The molecule has 0 spiro atoms. The lowest BCUT2D eigenvalue weighted by atomic mass is 10.1. The van der Waals surface area contributed by atoms with Crippen molar-refractivity contribution in [3.8, 4) is 0 Å². The molecule has 1 atom stereocenters. The fourth-order valence-electron chi connectivity index (χ4n) is 2.85. The summed E-state index contributed by atoms with van der Waals surface area (Å²) in [4.78, 5) is 20.1. The molecule has 1 aromatic carbocycles. The summed E-state index contributed by atoms with van der Waals surface area (Å²) < 4.78 is 71.2. The molecule has 1 amide bonds. The number of ether oxygens (including phenoxy) is 1. The van der Waals surface area contributed by atoms with Crippen molar-refractivity contribution in [1.29, 1.82) is 0 Å². The molecule has 6 nitrogen and oxygen atoms in total. The minimum Gasteiger partial charge on any atom is -0.445 e. The number of carbonyl (C=O) groups excluding carboxylic acids is 1. The second kappa shape index (κ2) is 8.18. The molecule has 1 aromatic heterocycles. The minimum atomic E-state index is -4.60. The first-order chi connectivity index (χ1) is 13.7. The highest BCUT2D eigenvalue weighted by Gasteiger charge is 2.51. The summed E-state index contributed by atoms with van der Waals surface area (Å²) in [6, 6.07) is 7.21. The summed E-state index contributed by atoms with van der Waals surface area (Å²) in [6.45, 7) is -0.719. The SMILES string of the molecule is O=C(OCc1ccccc1)N1CCC(F)(F)[C@H]1CNc1ncc(C(F)(F)F)cn1. The van der Waals surface area contributed by atoms with E-state index in [1.165, 1.54) is 0 Å². The van der Waals surface area contributed by atoms with Gasteiger partial charge in [0.15, 0.2) is 0 Å². The van der Waals surface area contributed by atoms with Crippen LogP contribution in [0, 0.1) is 0 Å². The smallest absolute Gasteiger partial charge is 0.419 e. The molecular weight excluding hydrogens is 399 g/mol. The van der Waals surface area contributed by atoms with Gasteiger partial charge in [0.05, 0.1) is 5.56 Å². The normalized spacial score (nSPS) is 18.5. The molecule has 2 aromatic rings. The zero-order valence-electron chi connectivity index (χ0n) is 15.0. The third-order valence-corrected chi connectivity index (χ3v) is 4.42. The van der Waals surface area contributed by atoms with Crippen LogP contribution in [0.5, 0.6) is 0 Å². The van der Waals surface area contributed by atoms with Crippen LogP contribution >= 0.6 is 0 Å². The Morgan fingerprint density at radius 1 is 1.21 bits per heavy atom.